The third-order valence-electron chi connectivity index (χ3n) is 3.40. The summed E-state index contributed by atoms with van der Waals surface area (Å²) in [4.78, 5) is 23.0. The number of hydrogen-bond acceptors (Lipinski definition) is 4. The van der Waals surface area contributed by atoms with Gasteiger partial charge in [-0.25, -0.2) is 4.79 Å². The Balaban J connectivity index is 2.54. The normalized spacial score (nSPS) is 19.2. The maximum Gasteiger partial charge on any atom is 0.326 e. The summed E-state index contributed by atoms with van der Waals surface area (Å²) in [7, 11) is 0. The molecule has 1 aliphatic carbocycles. The molecule has 4 N–H and O–H groups in total. The van der Waals surface area contributed by atoms with E-state index in [-0.39, 0.29) is 5.91 Å². The Kier molecular flexibility index (Phi) is 5.27. The van der Waals surface area contributed by atoms with Crippen LogP contribution in [0.2, 0.25) is 0 Å². The van der Waals surface area contributed by atoms with Gasteiger partial charge in [0.2, 0.25) is 5.91 Å². The molecule has 5 nitrogen and oxygen atoms in total. The molecule has 0 spiro atoms. The SMILES string of the molecule is CSCCC(NC(=O)C1(CN)CCC1)C(=O)O. The predicted octanol–water partition coefficient (Wildman–Crippen LogP) is 0.438. The number of rotatable bonds is 7. The molecule has 0 aliphatic heterocycles. The summed E-state index contributed by atoms with van der Waals surface area (Å²) in [6, 6.07) is -0.793. The number of hydrogen-bond donors (Lipinski definition) is 3. The molecule has 0 heterocycles. The van der Waals surface area contributed by atoms with Crippen molar-refractivity contribution in [3.63, 3.8) is 0 Å². The molecule has 0 aromatic heterocycles. The fourth-order valence-electron chi connectivity index (χ4n) is 1.93. The topological polar surface area (TPSA) is 92.4 Å². The van der Waals surface area contributed by atoms with E-state index in [4.69, 9.17) is 10.8 Å². The Morgan fingerprint density at radius 3 is 2.53 bits per heavy atom. The highest BCUT2D eigenvalue weighted by Gasteiger charge is 2.43. The van der Waals surface area contributed by atoms with E-state index >= 15 is 0 Å². The van der Waals surface area contributed by atoms with Gasteiger partial charge in [0.1, 0.15) is 6.04 Å². The lowest BCUT2D eigenvalue weighted by molar-refractivity contribution is -0.145. The van der Waals surface area contributed by atoms with E-state index < -0.39 is 17.4 Å². The average Bonchev–Trinajstić information content (AvgIpc) is 2.23. The fourth-order valence-corrected chi connectivity index (χ4v) is 2.40. The molecule has 1 amide bonds. The number of nitrogens with two attached hydrogens (primary N) is 1. The summed E-state index contributed by atoms with van der Waals surface area (Å²) in [5, 5.41) is 11.6. The van der Waals surface area contributed by atoms with Crippen molar-refractivity contribution in [2.24, 2.45) is 11.1 Å². The van der Waals surface area contributed by atoms with Crippen molar-refractivity contribution in [3.05, 3.63) is 0 Å². The maximum absolute atomic E-state index is 12.0. The summed E-state index contributed by atoms with van der Waals surface area (Å²) in [5.74, 6) is -0.453. The van der Waals surface area contributed by atoms with Gasteiger partial charge in [-0.3, -0.25) is 4.79 Å². The molecule has 17 heavy (non-hydrogen) atoms. The van der Waals surface area contributed by atoms with E-state index in [1.54, 1.807) is 11.8 Å². The first kappa shape index (κ1) is 14.3. The van der Waals surface area contributed by atoms with E-state index in [1.165, 1.54) is 0 Å². The molecule has 1 atom stereocenters. The highest BCUT2D eigenvalue weighted by Crippen LogP contribution is 2.40. The van der Waals surface area contributed by atoms with Gasteiger partial charge in [0, 0.05) is 6.54 Å². The van der Waals surface area contributed by atoms with Crippen molar-refractivity contribution in [2.45, 2.75) is 31.7 Å². The molecule has 1 unspecified atom stereocenters. The highest BCUT2D eigenvalue weighted by atomic mass is 32.2. The van der Waals surface area contributed by atoms with Crippen molar-refractivity contribution in [2.75, 3.05) is 18.6 Å². The van der Waals surface area contributed by atoms with Gasteiger partial charge >= 0.3 is 5.97 Å². The molecule has 0 saturated heterocycles. The van der Waals surface area contributed by atoms with Gasteiger partial charge in [-0.05, 0) is 31.3 Å². The zero-order chi connectivity index (χ0) is 12.9. The second-order valence-corrected chi connectivity index (χ2v) is 5.47. The minimum atomic E-state index is -0.973. The van der Waals surface area contributed by atoms with Crippen LogP contribution in [0.15, 0.2) is 0 Å². The minimum absolute atomic E-state index is 0.195. The van der Waals surface area contributed by atoms with Gasteiger partial charge < -0.3 is 16.2 Å². The van der Waals surface area contributed by atoms with Crippen LogP contribution in [0.1, 0.15) is 25.7 Å². The predicted molar refractivity (Wildman–Crippen MR) is 67.9 cm³/mol. The van der Waals surface area contributed by atoms with Crippen LogP contribution in [-0.4, -0.2) is 41.6 Å². The van der Waals surface area contributed by atoms with Crippen molar-refractivity contribution in [1.82, 2.24) is 5.32 Å². The van der Waals surface area contributed by atoms with E-state index in [0.29, 0.717) is 18.7 Å². The maximum atomic E-state index is 12.0. The molecule has 1 rings (SSSR count). The Morgan fingerprint density at radius 2 is 2.18 bits per heavy atom. The Morgan fingerprint density at radius 1 is 1.53 bits per heavy atom. The van der Waals surface area contributed by atoms with Crippen molar-refractivity contribution >= 4 is 23.6 Å². The van der Waals surface area contributed by atoms with E-state index in [9.17, 15) is 9.59 Å². The van der Waals surface area contributed by atoms with Crippen LogP contribution in [-0.2, 0) is 9.59 Å². The van der Waals surface area contributed by atoms with Crippen molar-refractivity contribution in [1.29, 1.82) is 0 Å². The third kappa shape index (κ3) is 3.35. The molecule has 1 fully saturated rings. The highest BCUT2D eigenvalue weighted by molar-refractivity contribution is 7.98. The molecule has 1 saturated carbocycles. The van der Waals surface area contributed by atoms with Gasteiger partial charge in [0.05, 0.1) is 5.41 Å². The fraction of sp³-hybridized carbons (Fsp3) is 0.818. The smallest absolute Gasteiger partial charge is 0.326 e. The van der Waals surface area contributed by atoms with Crippen molar-refractivity contribution in [3.8, 4) is 0 Å². The lowest BCUT2D eigenvalue weighted by atomic mass is 9.68. The second-order valence-electron chi connectivity index (χ2n) is 4.48. The number of carboxylic acid groups (broad SMARTS) is 1. The molecule has 98 valence electrons. The number of amides is 1. The summed E-state index contributed by atoms with van der Waals surface area (Å²) in [5.41, 5.74) is 5.10. The van der Waals surface area contributed by atoms with Crippen LogP contribution in [0.4, 0.5) is 0 Å². The van der Waals surface area contributed by atoms with Gasteiger partial charge in [0.15, 0.2) is 0 Å². The third-order valence-corrected chi connectivity index (χ3v) is 4.04. The van der Waals surface area contributed by atoms with Gasteiger partial charge in [0.25, 0.3) is 0 Å². The molecular weight excluding hydrogens is 240 g/mol. The van der Waals surface area contributed by atoms with Crippen LogP contribution in [0, 0.1) is 5.41 Å². The van der Waals surface area contributed by atoms with Crippen molar-refractivity contribution < 1.29 is 14.7 Å². The first-order chi connectivity index (χ1) is 8.05. The molecule has 0 radical (unpaired) electrons. The standard InChI is InChI=1S/C11H20N2O3S/c1-17-6-3-8(9(14)15)13-10(16)11(7-12)4-2-5-11/h8H,2-7,12H2,1H3,(H,13,16)(H,14,15). The summed E-state index contributed by atoms with van der Waals surface area (Å²) in [6.45, 7) is 0.299. The van der Waals surface area contributed by atoms with E-state index in [0.717, 1.165) is 19.3 Å². The molecule has 0 aromatic carbocycles. The quantitative estimate of drug-likeness (QED) is 0.617. The number of nitrogens with one attached hydrogen (secondary N) is 1. The second kappa shape index (κ2) is 6.26. The van der Waals surface area contributed by atoms with Gasteiger partial charge in [-0.1, -0.05) is 6.42 Å². The number of carbonyl (C=O) groups is 2. The molecule has 6 heteroatoms. The largest absolute Gasteiger partial charge is 0.480 e. The van der Waals surface area contributed by atoms with Crippen LogP contribution in [0.3, 0.4) is 0 Å². The zero-order valence-electron chi connectivity index (χ0n) is 10.1. The Hall–Kier alpha value is -0.750. The van der Waals surface area contributed by atoms with Gasteiger partial charge in [-0.15, -0.1) is 0 Å². The van der Waals surface area contributed by atoms with Crippen LogP contribution in [0.25, 0.3) is 0 Å². The van der Waals surface area contributed by atoms with Crippen LogP contribution < -0.4 is 11.1 Å². The first-order valence-electron chi connectivity index (χ1n) is 5.78. The summed E-state index contributed by atoms with van der Waals surface area (Å²) < 4.78 is 0. The molecule has 0 aromatic rings. The zero-order valence-corrected chi connectivity index (χ0v) is 10.9. The monoisotopic (exact) mass is 260 g/mol. The average molecular weight is 260 g/mol. The van der Waals surface area contributed by atoms with E-state index in [2.05, 4.69) is 5.32 Å². The Labute approximate surface area is 106 Å². The van der Waals surface area contributed by atoms with Crippen LogP contribution in [0.5, 0.6) is 0 Å². The number of aliphatic carboxylic acids is 1. The molecule has 0 bridgehead atoms. The minimum Gasteiger partial charge on any atom is -0.480 e. The number of carbonyl (C=O) groups excluding carboxylic acids is 1. The van der Waals surface area contributed by atoms with E-state index in [1.807, 2.05) is 6.26 Å². The van der Waals surface area contributed by atoms with Gasteiger partial charge in [-0.2, -0.15) is 11.8 Å². The molecular formula is C11H20N2O3S. The lowest BCUT2D eigenvalue weighted by Gasteiger charge is -2.39. The molecule has 1 aliphatic rings. The Bertz CT molecular complexity index is 287. The first-order valence-corrected chi connectivity index (χ1v) is 7.18. The van der Waals surface area contributed by atoms with Crippen LogP contribution >= 0.6 is 11.8 Å². The summed E-state index contributed by atoms with van der Waals surface area (Å²) >= 11 is 1.57. The number of thioether (sulfide) groups is 1. The lowest BCUT2D eigenvalue weighted by Crippen LogP contribution is -2.54. The number of carboxylic acids is 1. The summed E-state index contributed by atoms with van der Waals surface area (Å²) in [6.07, 6.45) is 4.89.